The number of hydrazone groups is 1. The third kappa shape index (κ3) is 8.13. The monoisotopic (exact) mass is 553 g/mol. The number of halogens is 1. The highest BCUT2D eigenvalue weighted by Crippen LogP contribution is 2.28. The van der Waals surface area contributed by atoms with Crippen LogP contribution in [0.1, 0.15) is 23.6 Å². The first-order chi connectivity index (χ1) is 17.4. The molecule has 3 rings (SSSR count). The lowest BCUT2D eigenvalue weighted by atomic mass is 10.1. The molecule has 0 saturated heterocycles. The third-order valence-electron chi connectivity index (χ3n) is 5.18. The number of carbonyl (C=O) groups excluding carboxylic acids is 2. The van der Waals surface area contributed by atoms with Crippen molar-refractivity contribution >= 4 is 34.0 Å². The van der Waals surface area contributed by atoms with Crippen LogP contribution < -0.4 is 25.0 Å². The summed E-state index contributed by atoms with van der Waals surface area (Å²) in [5.74, 6) is 1.15. The molecule has 2 amide bonds. The number of benzene rings is 3. The Labute approximate surface area is 218 Å². The second-order valence-corrected chi connectivity index (χ2v) is 8.79. The molecule has 3 aromatic carbocycles. The van der Waals surface area contributed by atoms with E-state index in [9.17, 15) is 9.59 Å². The van der Waals surface area contributed by atoms with Crippen LogP contribution in [0, 0.1) is 0 Å². The lowest BCUT2D eigenvalue weighted by molar-refractivity contribution is -0.128. The standard InChI is InChI=1S/C27H28BrN3O5/c1-18(30-26(32)15-19-6-11-23(34-2)12-7-19)27(33)31-29-16-21-8-13-24(25(14-21)35-3)36-17-20-4-9-22(28)10-5-20/h4-14,16,18H,15,17H2,1-3H3,(H,30,32)(H,31,33). The number of hydrogen-bond donors (Lipinski definition) is 2. The molecule has 0 bridgehead atoms. The van der Waals surface area contributed by atoms with E-state index in [0.717, 1.165) is 15.6 Å². The normalized spacial score (nSPS) is 11.6. The van der Waals surface area contributed by atoms with Crippen LogP contribution in [0.25, 0.3) is 0 Å². The van der Waals surface area contributed by atoms with Gasteiger partial charge in [-0.05, 0) is 66.1 Å². The number of ether oxygens (including phenoxy) is 3. The van der Waals surface area contributed by atoms with Gasteiger partial charge in [0.05, 0.1) is 26.9 Å². The minimum absolute atomic E-state index is 0.154. The first-order valence-electron chi connectivity index (χ1n) is 11.2. The van der Waals surface area contributed by atoms with Crippen LogP contribution in [0.15, 0.2) is 76.3 Å². The van der Waals surface area contributed by atoms with E-state index in [-0.39, 0.29) is 12.3 Å². The van der Waals surface area contributed by atoms with Crippen LogP contribution in [0.4, 0.5) is 0 Å². The van der Waals surface area contributed by atoms with Crippen molar-refractivity contribution in [2.24, 2.45) is 5.10 Å². The van der Waals surface area contributed by atoms with Gasteiger partial charge in [0.1, 0.15) is 18.4 Å². The zero-order valence-electron chi connectivity index (χ0n) is 20.3. The number of nitrogens with zero attached hydrogens (tertiary/aromatic N) is 1. The fourth-order valence-corrected chi connectivity index (χ4v) is 3.44. The molecule has 0 aliphatic heterocycles. The number of carbonyl (C=O) groups is 2. The molecule has 8 nitrogen and oxygen atoms in total. The van der Waals surface area contributed by atoms with Crippen molar-refractivity contribution in [2.45, 2.75) is 26.0 Å². The molecule has 36 heavy (non-hydrogen) atoms. The fourth-order valence-electron chi connectivity index (χ4n) is 3.18. The van der Waals surface area contributed by atoms with Crippen molar-refractivity contribution in [1.29, 1.82) is 0 Å². The van der Waals surface area contributed by atoms with Gasteiger partial charge >= 0.3 is 0 Å². The molecule has 0 radical (unpaired) electrons. The predicted molar refractivity (Wildman–Crippen MR) is 142 cm³/mol. The van der Waals surface area contributed by atoms with Gasteiger partial charge in [-0.3, -0.25) is 9.59 Å². The quantitative estimate of drug-likeness (QED) is 0.273. The summed E-state index contributed by atoms with van der Waals surface area (Å²) < 4.78 is 17.4. The maximum absolute atomic E-state index is 12.3. The van der Waals surface area contributed by atoms with Crippen molar-refractivity contribution < 1.29 is 23.8 Å². The highest BCUT2D eigenvalue weighted by atomic mass is 79.9. The Bertz CT molecular complexity index is 1200. The van der Waals surface area contributed by atoms with Crippen molar-refractivity contribution in [3.05, 3.63) is 87.9 Å². The topological polar surface area (TPSA) is 98.2 Å². The van der Waals surface area contributed by atoms with Crippen LogP contribution in [0.2, 0.25) is 0 Å². The summed E-state index contributed by atoms with van der Waals surface area (Å²) in [6, 6.07) is 19.6. The maximum atomic E-state index is 12.3. The van der Waals surface area contributed by atoms with Gasteiger partial charge in [0.2, 0.25) is 5.91 Å². The van der Waals surface area contributed by atoms with E-state index in [1.165, 1.54) is 6.21 Å². The molecule has 1 atom stereocenters. The fraction of sp³-hybridized carbons (Fsp3) is 0.222. The lowest BCUT2D eigenvalue weighted by Crippen LogP contribution is -2.43. The molecule has 9 heteroatoms. The summed E-state index contributed by atoms with van der Waals surface area (Å²) in [4.78, 5) is 24.6. The highest BCUT2D eigenvalue weighted by Gasteiger charge is 2.15. The summed E-state index contributed by atoms with van der Waals surface area (Å²) >= 11 is 3.41. The summed E-state index contributed by atoms with van der Waals surface area (Å²) in [5.41, 5.74) is 4.99. The lowest BCUT2D eigenvalue weighted by Gasteiger charge is -2.13. The van der Waals surface area contributed by atoms with E-state index in [1.807, 2.05) is 24.3 Å². The summed E-state index contributed by atoms with van der Waals surface area (Å²) in [7, 11) is 3.14. The summed E-state index contributed by atoms with van der Waals surface area (Å²) in [6.45, 7) is 1.99. The predicted octanol–water partition coefficient (Wildman–Crippen LogP) is 4.24. The molecule has 0 spiro atoms. The maximum Gasteiger partial charge on any atom is 0.262 e. The molecule has 0 saturated carbocycles. The van der Waals surface area contributed by atoms with Crippen molar-refractivity contribution in [3.8, 4) is 17.2 Å². The van der Waals surface area contributed by atoms with Crippen molar-refractivity contribution in [3.63, 3.8) is 0 Å². The summed E-state index contributed by atoms with van der Waals surface area (Å²) in [6.07, 6.45) is 1.64. The van der Waals surface area contributed by atoms with E-state index >= 15 is 0 Å². The van der Waals surface area contributed by atoms with E-state index in [4.69, 9.17) is 14.2 Å². The average Bonchev–Trinajstić information content (AvgIpc) is 2.89. The molecule has 0 aliphatic rings. The van der Waals surface area contributed by atoms with Crippen LogP contribution in [0.5, 0.6) is 17.2 Å². The van der Waals surface area contributed by atoms with Crippen LogP contribution in [0.3, 0.4) is 0 Å². The first kappa shape index (κ1) is 26.7. The van der Waals surface area contributed by atoms with Gasteiger partial charge in [0.15, 0.2) is 11.5 Å². The molecular formula is C27H28BrN3O5. The van der Waals surface area contributed by atoms with Crippen LogP contribution in [-0.2, 0) is 22.6 Å². The third-order valence-corrected chi connectivity index (χ3v) is 5.71. The Kier molecular flexibility index (Phi) is 9.88. The number of methoxy groups -OCH3 is 2. The van der Waals surface area contributed by atoms with Crippen LogP contribution in [-0.4, -0.2) is 38.3 Å². The largest absolute Gasteiger partial charge is 0.497 e. The number of hydrogen-bond acceptors (Lipinski definition) is 6. The Hall–Kier alpha value is -3.85. The SMILES string of the molecule is COc1ccc(CC(=O)NC(C)C(=O)NN=Cc2ccc(OCc3ccc(Br)cc3)c(OC)c2)cc1. The molecule has 0 aliphatic carbocycles. The van der Waals surface area contributed by atoms with Gasteiger partial charge in [-0.25, -0.2) is 5.43 Å². The van der Waals surface area contributed by atoms with E-state index in [0.29, 0.717) is 29.4 Å². The van der Waals surface area contributed by atoms with Gasteiger partial charge in [-0.2, -0.15) is 5.10 Å². The van der Waals surface area contributed by atoms with Crippen LogP contribution >= 0.6 is 15.9 Å². The molecule has 2 N–H and O–H groups in total. The van der Waals surface area contributed by atoms with E-state index < -0.39 is 11.9 Å². The van der Waals surface area contributed by atoms with Gasteiger partial charge in [-0.15, -0.1) is 0 Å². The second kappa shape index (κ2) is 13.3. The van der Waals surface area contributed by atoms with Gasteiger partial charge in [0, 0.05) is 4.47 Å². The molecular weight excluding hydrogens is 526 g/mol. The molecule has 188 valence electrons. The Morgan fingerprint density at radius 2 is 1.64 bits per heavy atom. The van der Waals surface area contributed by atoms with Gasteiger partial charge < -0.3 is 19.5 Å². The number of nitrogens with one attached hydrogen (secondary N) is 2. The number of rotatable bonds is 11. The Balaban J connectivity index is 1.49. The number of amides is 2. The zero-order valence-corrected chi connectivity index (χ0v) is 21.9. The summed E-state index contributed by atoms with van der Waals surface area (Å²) in [5, 5.41) is 6.66. The van der Waals surface area contributed by atoms with E-state index in [2.05, 4.69) is 31.8 Å². The second-order valence-electron chi connectivity index (χ2n) is 7.87. The Morgan fingerprint density at radius 1 is 0.944 bits per heavy atom. The minimum Gasteiger partial charge on any atom is -0.497 e. The molecule has 0 aromatic heterocycles. The van der Waals surface area contributed by atoms with Gasteiger partial charge in [-0.1, -0.05) is 40.2 Å². The molecule has 0 heterocycles. The zero-order chi connectivity index (χ0) is 25.9. The average molecular weight is 554 g/mol. The van der Waals surface area contributed by atoms with Crippen molar-refractivity contribution in [2.75, 3.05) is 14.2 Å². The van der Waals surface area contributed by atoms with E-state index in [1.54, 1.807) is 63.6 Å². The molecule has 0 fully saturated rings. The molecule has 1 unspecified atom stereocenters. The smallest absolute Gasteiger partial charge is 0.262 e. The Morgan fingerprint density at radius 3 is 2.31 bits per heavy atom. The van der Waals surface area contributed by atoms with Crippen molar-refractivity contribution in [1.82, 2.24) is 10.7 Å². The minimum atomic E-state index is -0.753. The molecule has 3 aromatic rings. The van der Waals surface area contributed by atoms with Gasteiger partial charge in [0.25, 0.3) is 5.91 Å². The first-order valence-corrected chi connectivity index (χ1v) is 12.0. The highest BCUT2D eigenvalue weighted by molar-refractivity contribution is 9.10.